The van der Waals surface area contributed by atoms with E-state index in [1.165, 1.54) is 17.7 Å². The van der Waals surface area contributed by atoms with Crippen molar-refractivity contribution in [1.82, 2.24) is 9.97 Å². The van der Waals surface area contributed by atoms with Crippen LogP contribution in [-0.2, 0) is 22.9 Å². The van der Waals surface area contributed by atoms with Gasteiger partial charge in [0.15, 0.2) is 0 Å². The molecule has 0 amide bonds. The largest absolute Gasteiger partial charge is 0.370 e. The molecule has 0 radical (unpaired) electrons. The highest BCUT2D eigenvalue weighted by Crippen LogP contribution is 2.19. The molecule has 0 fully saturated rings. The van der Waals surface area contributed by atoms with Crippen LogP contribution < -0.4 is 15.8 Å². The Balaban J connectivity index is 1.59. The third kappa shape index (κ3) is 5.28. The Hall–Kier alpha value is -2.97. The molecule has 0 saturated heterocycles. The quantitative estimate of drug-likeness (QED) is 0.539. The van der Waals surface area contributed by atoms with Crippen molar-refractivity contribution in [3.8, 4) is 0 Å². The molecule has 146 valence electrons. The second kappa shape index (κ2) is 8.81. The maximum Gasteiger partial charge on any atom is 0.238 e. The first-order valence-electron chi connectivity index (χ1n) is 8.99. The Morgan fingerprint density at radius 1 is 1.04 bits per heavy atom. The van der Waals surface area contributed by atoms with Gasteiger partial charge in [0.2, 0.25) is 16.0 Å². The minimum Gasteiger partial charge on any atom is -0.370 e. The van der Waals surface area contributed by atoms with Gasteiger partial charge in [0, 0.05) is 18.4 Å². The van der Waals surface area contributed by atoms with E-state index in [-0.39, 0.29) is 4.90 Å². The summed E-state index contributed by atoms with van der Waals surface area (Å²) in [4.78, 5) is 8.88. The predicted molar refractivity (Wildman–Crippen MR) is 111 cm³/mol. The molecule has 1 aromatic heterocycles. The molecule has 0 aliphatic heterocycles. The van der Waals surface area contributed by atoms with E-state index >= 15 is 0 Å². The summed E-state index contributed by atoms with van der Waals surface area (Å²) >= 11 is 0. The van der Waals surface area contributed by atoms with E-state index in [1.807, 2.05) is 18.2 Å². The number of primary sulfonamides is 1. The second-order valence-electron chi connectivity index (χ2n) is 6.27. The van der Waals surface area contributed by atoms with Gasteiger partial charge in [-0.25, -0.2) is 18.5 Å². The van der Waals surface area contributed by atoms with Crippen LogP contribution in [0.5, 0.6) is 0 Å². The summed E-state index contributed by atoms with van der Waals surface area (Å²) in [7, 11) is -3.66. The van der Waals surface area contributed by atoms with E-state index in [0.29, 0.717) is 18.3 Å². The summed E-state index contributed by atoms with van der Waals surface area (Å²) in [5, 5.41) is 11.6. The molecule has 0 bridgehead atoms. The summed E-state index contributed by atoms with van der Waals surface area (Å²) < 4.78 is 22.6. The number of nitrogens with one attached hydrogen (secondary N) is 2. The van der Waals surface area contributed by atoms with Crippen LogP contribution in [0.1, 0.15) is 18.1 Å². The van der Waals surface area contributed by atoms with Crippen molar-refractivity contribution < 1.29 is 8.42 Å². The molecule has 0 spiro atoms. The number of rotatable bonds is 8. The van der Waals surface area contributed by atoms with E-state index in [2.05, 4.69) is 33.6 Å². The number of nitrogens with zero attached hydrogens (tertiary/aromatic N) is 2. The Morgan fingerprint density at radius 2 is 1.79 bits per heavy atom. The molecule has 4 N–H and O–H groups in total. The summed E-state index contributed by atoms with van der Waals surface area (Å²) in [6.45, 7) is 2.76. The van der Waals surface area contributed by atoms with Crippen molar-refractivity contribution in [2.24, 2.45) is 5.14 Å². The average molecular weight is 398 g/mol. The van der Waals surface area contributed by atoms with Gasteiger partial charge in [0.05, 0.1) is 4.90 Å². The SMILES string of the molecule is CCc1ccccc1Nc1nccc(NCCc2ccc(S(N)(=O)=O)cc2)n1. The maximum atomic E-state index is 11.3. The average Bonchev–Trinajstić information content (AvgIpc) is 2.68. The van der Waals surface area contributed by atoms with Crippen molar-refractivity contribution in [2.75, 3.05) is 17.2 Å². The fourth-order valence-electron chi connectivity index (χ4n) is 2.77. The number of sulfonamides is 1. The van der Waals surface area contributed by atoms with Crippen LogP contribution in [0.2, 0.25) is 0 Å². The van der Waals surface area contributed by atoms with Crippen molar-refractivity contribution in [1.29, 1.82) is 0 Å². The van der Waals surface area contributed by atoms with Crippen LogP contribution in [0.4, 0.5) is 17.5 Å². The molecule has 28 heavy (non-hydrogen) atoms. The van der Waals surface area contributed by atoms with E-state index in [1.54, 1.807) is 24.4 Å². The lowest BCUT2D eigenvalue weighted by Crippen LogP contribution is -2.12. The van der Waals surface area contributed by atoms with Crippen LogP contribution in [0.25, 0.3) is 0 Å². The monoisotopic (exact) mass is 397 g/mol. The number of hydrogen-bond donors (Lipinski definition) is 3. The van der Waals surface area contributed by atoms with Crippen LogP contribution >= 0.6 is 0 Å². The second-order valence-corrected chi connectivity index (χ2v) is 7.83. The number of nitrogens with two attached hydrogens (primary N) is 1. The number of anilines is 3. The number of aryl methyl sites for hydroxylation is 1. The molecule has 0 unspecified atom stereocenters. The maximum absolute atomic E-state index is 11.3. The molecule has 0 atom stereocenters. The zero-order valence-corrected chi connectivity index (χ0v) is 16.4. The fourth-order valence-corrected chi connectivity index (χ4v) is 3.28. The summed E-state index contributed by atoms with van der Waals surface area (Å²) in [6.07, 6.45) is 3.34. The number of hydrogen-bond acceptors (Lipinski definition) is 6. The lowest BCUT2D eigenvalue weighted by atomic mass is 10.1. The van der Waals surface area contributed by atoms with E-state index in [4.69, 9.17) is 5.14 Å². The first kappa shape index (κ1) is 19.8. The number of para-hydroxylation sites is 1. The zero-order valence-electron chi connectivity index (χ0n) is 15.6. The van der Waals surface area contributed by atoms with Gasteiger partial charge in [-0.3, -0.25) is 0 Å². The molecule has 0 aliphatic carbocycles. The van der Waals surface area contributed by atoms with E-state index in [9.17, 15) is 8.42 Å². The Labute approximate surface area is 165 Å². The van der Waals surface area contributed by atoms with Crippen LogP contribution in [0.15, 0.2) is 65.7 Å². The van der Waals surface area contributed by atoms with Gasteiger partial charge in [-0.2, -0.15) is 4.98 Å². The minimum atomic E-state index is -3.66. The third-order valence-corrected chi connectivity index (χ3v) is 5.20. The topological polar surface area (TPSA) is 110 Å². The van der Waals surface area contributed by atoms with E-state index < -0.39 is 10.0 Å². The molecular weight excluding hydrogens is 374 g/mol. The van der Waals surface area contributed by atoms with Crippen molar-refractivity contribution in [3.05, 3.63) is 71.9 Å². The smallest absolute Gasteiger partial charge is 0.238 e. The number of aromatic nitrogens is 2. The van der Waals surface area contributed by atoms with Crippen LogP contribution in [-0.4, -0.2) is 24.9 Å². The molecule has 1 heterocycles. The molecule has 3 rings (SSSR count). The van der Waals surface area contributed by atoms with Gasteiger partial charge < -0.3 is 10.6 Å². The molecule has 3 aromatic rings. The van der Waals surface area contributed by atoms with E-state index in [0.717, 1.165) is 24.1 Å². The fraction of sp³-hybridized carbons (Fsp3) is 0.200. The predicted octanol–water partition coefficient (Wildman–Crippen LogP) is 3.08. The van der Waals surface area contributed by atoms with Gasteiger partial charge >= 0.3 is 0 Å². The van der Waals surface area contributed by atoms with Crippen molar-refractivity contribution >= 4 is 27.5 Å². The highest BCUT2D eigenvalue weighted by molar-refractivity contribution is 7.89. The lowest BCUT2D eigenvalue weighted by Gasteiger charge is -2.11. The number of benzene rings is 2. The Morgan fingerprint density at radius 3 is 2.50 bits per heavy atom. The first-order valence-corrected chi connectivity index (χ1v) is 10.5. The first-order chi connectivity index (χ1) is 13.5. The zero-order chi connectivity index (χ0) is 20.0. The van der Waals surface area contributed by atoms with Gasteiger partial charge in [0.25, 0.3) is 0 Å². The van der Waals surface area contributed by atoms with Gasteiger partial charge in [0.1, 0.15) is 5.82 Å². The Bertz CT molecular complexity index is 1040. The molecule has 7 nitrogen and oxygen atoms in total. The van der Waals surface area contributed by atoms with Crippen molar-refractivity contribution in [2.45, 2.75) is 24.7 Å². The van der Waals surface area contributed by atoms with Crippen LogP contribution in [0.3, 0.4) is 0 Å². The molecule has 0 saturated carbocycles. The van der Waals surface area contributed by atoms with Crippen LogP contribution in [0, 0.1) is 0 Å². The van der Waals surface area contributed by atoms with Gasteiger partial charge in [-0.15, -0.1) is 0 Å². The third-order valence-electron chi connectivity index (χ3n) is 4.27. The van der Waals surface area contributed by atoms with Crippen molar-refractivity contribution in [3.63, 3.8) is 0 Å². The molecular formula is C20H23N5O2S. The highest BCUT2D eigenvalue weighted by Gasteiger charge is 2.07. The standard InChI is InChI=1S/C20H23N5O2S/c1-2-16-5-3-4-6-18(16)24-20-23-14-12-19(25-20)22-13-11-15-7-9-17(10-8-15)28(21,26)27/h3-10,12,14H,2,11,13H2,1H3,(H2,21,26,27)(H2,22,23,24,25). The summed E-state index contributed by atoms with van der Waals surface area (Å²) in [5.41, 5.74) is 3.20. The normalized spacial score (nSPS) is 11.2. The lowest BCUT2D eigenvalue weighted by molar-refractivity contribution is 0.598. The highest BCUT2D eigenvalue weighted by atomic mass is 32.2. The summed E-state index contributed by atoms with van der Waals surface area (Å²) in [5.74, 6) is 1.25. The minimum absolute atomic E-state index is 0.114. The summed E-state index contributed by atoms with van der Waals surface area (Å²) in [6, 6.07) is 16.4. The van der Waals surface area contributed by atoms with Gasteiger partial charge in [-0.1, -0.05) is 37.3 Å². The molecule has 0 aliphatic rings. The molecule has 8 heteroatoms. The van der Waals surface area contributed by atoms with Gasteiger partial charge in [-0.05, 0) is 48.2 Å². The Kier molecular flexibility index (Phi) is 6.23. The molecule has 2 aromatic carbocycles.